The number of amides is 4. The molecule has 3 aromatic carbocycles. The molecule has 1 saturated carbocycles. The number of rotatable bonds is 11. The number of alkyl carbamates (subject to hydrolysis) is 2. The Morgan fingerprint density at radius 2 is 1.10 bits per heavy atom. The first-order chi connectivity index (χ1) is 32.6. The number of nitrogens with zero attached hydrogens (tertiary/aromatic N) is 4. The van der Waals surface area contributed by atoms with Crippen LogP contribution in [0.15, 0.2) is 73.1 Å². The van der Waals surface area contributed by atoms with E-state index < -0.39 is 24.3 Å². The van der Waals surface area contributed by atoms with Crippen LogP contribution < -0.4 is 10.6 Å². The number of aromatic amines is 2. The van der Waals surface area contributed by atoms with Gasteiger partial charge in [-0.1, -0.05) is 55.5 Å². The zero-order chi connectivity index (χ0) is 46.3. The molecule has 16 heteroatoms. The highest BCUT2D eigenvalue weighted by atomic mass is 16.5. The molecular weight excluding hydrogens is 853 g/mol. The minimum absolute atomic E-state index is 0.0240. The summed E-state index contributed by atoms with van der Waals surface area (Å²) in [6.45, 7) is 6.46. The van der Waals surface area contributed by atoms with Gasteiger partial charge in [0.05, 0.1) is 50.1 Å². The molecule has 0 spiro atoms. The summed E-state index contributed by atoms with van der Waals surface area (Å²) in [5.74, 6) is 1.89. The second kappa shape index (κ2) is 18.8. The Morgan fingerprint density at radius 1 is 0.627 bits per heavy atom. The number of hydrogen-bond donors (Lipinski definition) is 4. The van der Waals surface area contributed by atoms with Crippen LogP contribution in [0.1, 0.15) is 82.5 Å². The van der Waals surface area contributed by atoms with Gasteiger partial charge in [-0.2, -0.15) is 0 Å². The predicted octanol–water partition coefficient (Wildman–Crippen LogP) is 7.55. The van der Waals surface area contributed by atoms with E-state index in [1.807, 2.05) is 22.2 Å². The number of methoxy groups -OCH3 is 2. The Labute approximate surface area is 389 Å². The van der Waals surface area contributed by atoms with Gasteiger partial charge < -0.3 is 49.3 Å². The Hall–Kier alpha value is -6.26. The first-order valence-electron chi connectivity index (χ1n) is 23.8. The lowest BCUT2D eigenvalue weighted by Crippen LogP contribution is -2.54. The van der Waals surface area contributed by atoms with Gasteiger partial charge in [-0.25, -0.2) is 19.6 Å². The molecule has 0 radical (unpaired) electrons. The summed E-state index contributed by atoms with van der Waals surface area (Å²) in [4.78, 5) is 74.1. The molecule has 4 saturated heterocycles. The molecule has 4 amide bonds. The zero-order valence-corrected chi connectivity index (χ0v) is 38.5. The van der Waals surface area contributed by atoms with Crippen LogP contribution in [-0.4, -0.2) is 119 Å². The Balaban J connectivity index is 0.823. The second-order valence-corrected chi connectivity index (χ2v) is 19.1. The van der Waals surface area contributed by atoms with Gasteiger partial charge in [0, 0.05) is 44.1 Å². The Bertz CT molecular complexity index is 2620. The number of aromatic nitrogens is 4. The molecule has 5 aromatic rings. The van der Waals surface area contributed by atoms with Gasteiger partial charge in [0.2, 0.25) is 11.8 Å². The molecule has 0 bridgehead atoms. The van der Waals surface area contributed by atoms with Crippen molar-refractivity contribution < 1.29 is 38.1 Å². The summed E-state index contributed by atoms with van der Waals surface area (Å²) in [5.41, 5.74) is 5.90. The fourth-order valence-electron chi connectivity index (χ4n) is 11.1. The number of nitrogens with one attached hydrogen (secondary N) is 4. The Morgan fingerprint density at radius 3 is 1.67 bits per heavy atom. The maximum atomic E-state index is 14.4. The summed E-state index contributed by atoms with van der Waals surface area (Å²) in [5, 5.41) is 7.91. The fourth-order valence-corrected chi connectivity index (χ4v) is 11.1. The number of H-pyrrole nitrogens is 2. The van der Waals surface area contributed by atoms with Crippen LogP contribution >= 0.6 is 0 Å². The van der Waals surface area contributed by atoms with Gasteiger partial charge in [0.1, 0.15) is 23.7 Å². The summed E-state index contributed by atoms with van der Waals surface area (Å²) in [6, 6.07) is 19.5. The quantitative estimate of drug-likeness (QED) is 0.103. The van der Waals surface area contributed by atoms with Crippen LogP contribution in [-0.2, 0) is 28.5 Å². The van der Waals surface area contributed by atoms with E-state index in [2.05, 4.69) is 95.1 Å². The predicted molar refractivity (Wildman–Crippen MR) is 249 cm³/mol. The molecule has 5 aliphatic rings. The van der Waals surface area contributed by atoms with Crippen molar-refractivity contribution in [2.45, 2.75) is 95.0 Å². The number of ether oxygens (including phenoxy) is 4. The van der Waals surface area contributed by atoms with E-state index in [0.29, 0.717) is 58.0 Å². The number of benzene rings is 3. The second-order valence-electron chi connectivity index (χ2n) is 19.1. The first kappa shape index (κ1) is 44.6. The molecule has 4 N–H and O–H groups in total. The van der Waals surface area contributed by atoms with Gasteiger partial charge in [0.25, 0.3) is 0 Å². The molecule has 352 valence electrons. The van der Waals surface area contributed by atoms with Gasteiger partial charge in [-0.15, -0.1) is 0 Å². The number of piperidine rings is 1. The van der Waals surface area contributed by atoms with Crippen molar-refractivity contribution in [2.75, 3.05) is 40.6 Å². The van der Waals surface area contributed by atoms with Crippen molar-refractivity contribution in [2.24, 2.45) is 23.7 Å². The van der Waals surface area contributed by atoms with E-state index in [9.17, 15) is 19.2 Å². The van der Waals surface area contributed by atoms with Crippen molar-refractivity contribution in [1.82, 2.24) is 40.4 Å². The standard InChI is InChI=1S/C51H60N8O8/c1-28-21-42(58(29(28)2)48(60)44(56-50(62)64-3)32-13-17-66-18-14-32)46-52-26-39(54-46)31-7-5-30(6-8-31)34-9-10-36-23-37(12-11-35(36)22-34)40-27-53-47(55-40)43-25-38-24-41(38)59(43)49(61)45(57-51(63)65-4)33-15-19-67-20-16-33/h5-12,22-23,26-29,32-33,38,41-45H,13-21,24-25H2,1-4H3,(H,52,54)(H,53,55)(H,56,62)(H,57,63)/t28?,29-,38-,41-,42?,43+,44+,45+/m1/s1. The van der Waals surface area contributed by atoms with E-state index in [1.165, 1.54) is 14.2 Å². The monoisotopic (exact) mass is 912 g/mol. The molecule has 4 aliphatic heterocycles. The molecule has 8 atom stereocenters. The average molecular weight is 913 g/mol. The molecule has 16 nitrogen and oxygen atoms in total. The third kappa shape index (κ3) is 8.88. The summed E-state index contributed by atoms with van der Waals surface area (Å²) < 4.78 is 21.0. The third-order valence-electron chi connectivity index (χ3n) is 15.2. The van der Waals surface area contributed by atoms with Crippen LogP contribution in [0.25, 0.3) is 44.4 Å². The van der Waals surface area contributed by atoms with Crippen LogP contribution in [0.2, 0.25) is 0 Å². The van der Waals surface area contributed by atoms with Crippen molar-refractivity contribution in [3.05, 3.63) is 84.7 Å². The zero-order valence-electron chi connectivity index (χ0n) is 38.5. The molecule has 2 aromatic heterocycles. The van der Waals surface area contributed by atoms with Gasteiger partial charge in [-0.05, 0) is 115 Å². The van der Waals surface area contributed by atoms with Gasteiger partial charge in [0.15, 0.2) is 0 Å². The Kier molecular flexibility index (Phi) is 12.5. The number of imidazole rings is 2. The van der Waals surface area contributed by atoms with Crippen molar-refractivity contribution in [1.29, 1.82) is 0 Å². The van der Waals surface area contributed by atoms with Crippen molar-refractivity contribution >= 4 is 34.8 Å². The van der Waals surface area contributed by atoms with Crippen LogP contribution in [0.3, 0.4) is 0 Å². The van der Waals surface area contributed by atoms with E-state index in [-0.39, 0.29) is 53.7 Å². The maximum absolute atomic E-state index is 14.4. The number of likely N-dealkylation sites (tertiary alicyclic amines) is 2. The molecule has 2 unspecified atom stereocenters. The number of carbonyl (C=O) groups excluding carboxylic acids is 4. The normalized spacial score (nSPS) is 25.1. The molecule has 1 aliphatic carbocycles. The van der Waals surface area contributed by atoms with Crippen LogP contribution in [0.4, 0.5) is 9.59 Å². The molecule has 10 rings (SSSR count). The van der Waals surface area contributed by atoms with E-state index >= 15 is 0 Å². The highest BCUT2D eigenvalue weighted by Gasteiger charge is 2.56. The van der Waals surface area contributed by atoms with E-state index in [1.54, 1.807) is 0 Å². The topological polar surface area (TPSA) is 193 Å². The van der Waals surface area contributed by atoms with Gasteiger partial charge >= 0.3 is 12.2 Å². The SMILES string of the molecule is COC(=O)N[C@H](C(=O)N1C(c2ncc(-c3ccc(-c4ccc5cc(-c6cnc([C@@H]7C[C@H]8C[C@H]8N7C(=O)[C@@H](NC(=O)OC)C7CCOCC7)[nH]6)ccc5c4)cc3)[nH]2)CC(C)[C@H]1C)C1CCOCC1. The van der Waals surface area contributed by atoms with Crippen molar-refractivity contribution in [3.8, 4) is 33.6 Å². The fraction of sp³-hybridized carbons (Fsp3) is 0.490. The molecular formula is C51H60N8O8. The first-order valence-corrected chi connectivity index (χ1v) is 23.8. The minimum Gasteiger partial charge on any atom is -0.453 e. The summed E-state index contributed by atoms with van der Waals surface area (Å²) in [7, 11) is 2.64. The minimum atomic E-state index is -0.713. The smallest absolute Gasteiger partial charge is 0.407 e. The van der Waals surface area contributed by atoms with E-state index in [0.717, 1.165) is 75.3 Å². The molecule has 67 heavy (non-hydrogen) atoms. The lowest BCUT2D eigenvalue weighted by atomic mass is 9.90. The molecule has 6 heterocycles. The van der Waals surface area contributed by atoms with Crippen LogP contribution in [0.5, 0.6) is 0 Å². The number of fused-ring (bicyclic) bond motifs is 2. The average Bonchev–Trinajstić information content (AvgIpc) is 3.80. The third-order valence-corrected chi connectivity index (χ3v) is 15.2. The number of carbonyl (C=O) groups is 4. The molecule has 5 fully saturated rings. The summed E-state index contributed by atoms with van der Waals surface area (Å²) >= 11 is 0. The maximum Gasteiger partial charge on any atom is 0.407 e. The lowest BCUT2D eigenvalue weighted by molar-refractivity contribution is -0.139. The van der Waals surface area contributed by atoms with Gasteiger partial charge in [-0.3, -0.25) is 9.59 Å². The van der Waals surface area contributed by atoms with E-state index in [4.69, 9.17) is 28.9 Å². The highest BCUT2D eigenvalue weighted by Crippen LogP contribution is 2.53. The highest BCUT2D eigenvalue weighted by molar-refractivity contribution is 5.91. The summed E-state index contributed by atoms with van der Waals surface area (Å²) in [6.07, 6.45) is 7.79. The lowest BCUT2D eigenvalue weighted by Gasteiger charge is -2.36. The largest absolute Gasteiger partial charge is 0.453 e. The van der Waals surface area contributed by atoms with Crippen molar-refractivity contribution in [3.63, 3.8) is 0 Å². The number of hydrogen-bond acceptors (Lipinski definition) is 10. The van der Waals surface area contributed by atoms with Crippen LogP contribution in [0, 0.1) is 23.7 Å².